The molecule has 1 heterocycles. The van der Waals surface area contributed by atoms with E-state index in [1.807, 2.05) is 0 Å². The topological polar surface area (TPSA) is 29.1 Å². The van der Waals surface area contributed by atoms with Crippen LogP contribution in [0.4, 0.5) is 0 Å². The molecule has 1 N–H and O–H groups in total. The van der Waals surface area contributed by atoms with Crippen molar-refractivity contribution in [2.24, 2.45) is 5.92 Å². The minimum atomic E-state index is 0.00139. The number of nitrogens with one attached hydrogen (secondary N) is 1. The molecule has 2 nitrogen and oxygen atoms in total. The Labute approximate surface area is 102 Å². The van der Waals surface area contributed by atoms with E-state index in [2.05, 4.69) is 37.5 Å². The van der Waals surface area contributed by atoms with Crippen LogP contribution in [0.25, 0.3) is 0 Å². The molecule has 0 aromatic carbocycles. The summed E-state index contributed by atoms with van der Waals surface area (Å²) in [6.45, 7) is 8.88. The van der Waals surface area contributed by atoms with Crippen LogP contribution in [-0.4, -0.2) is 11.8 Å². The van der Waals surface area contributed by atoms with E-state index in [0.29, 0.717) is 5.92 Å². The normalized spacial score (nSPS) is 13.1. The summed E-state index contributed by atoms with van der Waals surface area (Å²) in [5, 5.41) is 5.45. The molecule has 0 radical (unpaired) electrons. The monoisotopic (exact) mass is 239 g/mol. The first-order valence-corrected chi connectivity index (χ1v) is 6.65. The summed E-state index contributed by atoms with van der Waals surface area (Å²) >= 11 is 1.75. The van der Waals surface area contributed by atoms with Gasteiger partial charge in [0.2, 0.25) is 0 Å². The fourth-order valence-electron chi connectivity index (χ4n) is 1.67. The van der Waals surface area contributed by atoms with Gasteiger partial charge in [-0.15, -0.1) is 11.3 Å². The van der Waals surface area contributed by atoms with E-state index in [4.69, 9.17) is 0 Å². The molecule has 1 aromatic heterocycles. The Hall–Kier alpha value is -0.670. The van der Waals surface area contributed by atoms with E-state index in [-0.39, 0.29) is 11.8 Å². The molecule has 1 aromatic rings. The van der Waals surface area contributed by atoms with Crippen molar-refractivity contribution in [1.82, 2.24) is 5.32 Å². The predicted octanol–water partition coefficient (Wildman–Crippen LogP) is 3.15. The van der Waals surface area contributed by atoms with Crippen LogP contribution < -0.4 is 5.32 Å². The lowest BCUT2D eigenvalue weighted by molar-refractivity contribution is -0.119. The van der Waals surface area contributed by atoms with Gasteiger partial charge in [0.05, 0.1) is 6.04 Å². The summed E-state index contributed by atoms with van der Waals surface area (Å²) in [4.78, 5) is 12.8. The van der Waals surface area contributed by atoms with Crippen LogP contribution in [0.3, 0.4) is 0 Å². The fraction of sp³-hybridized carbons (Fsp3) is 0.615. The molecule has 0 unspecified atom stereocenters. The molecule has 0 aliphatic heterocycles. The van der Waals surface area contributed by atoms with Crippen LogP contribution in [0.5, 0.6) is 0 Å². The van der Waals surface area contributed by atoms with E-state index in [0.717, 1.165) is 13.0 Å². The number of carbonyl (C=O) groups excluding carboxylic acids is 1. The average molecular weight is 239 g/mol. The average Bonchev–Trinajstić information content (AvgIpc) is 2.57. The highest BCUT2D eigenvalue weighted by molar-refractivity contribution is 7.10. The first kappa shape index (κ1) is 13.4. The highest BCUT2D eigenvalue weighted by Crippen LogP contribution is 2.16. The molecule has 0 aliphatic carbocycles. The summed E-state index contributed by atoms with van der Waals surface area (Å²) in [7, 11) is 0. The smallest absolute Gasteiger partial charge is 0.146 e. The molecule has 0 bridgehead atoms. The second kappa shape index (κ2) is 6.16. The molecule has 0 aliphatic rings. The SMILES string of the molecule is CC(=O)[C@@H](CC(C)C)NCc1sccc1C. The Bertz CT molecular complexity index is 343. The third-order valence-corrected chi connectivity index (χ3v) is 3.70. The van der Waals surface area contributed by atoms with Gasteiger partial charge >= 0.3 is 0 Å². The maximum absolute atomic E-state index is 11.5. The van der Waals surface area contributed by atoms with Gasteiger partial charge in [-0.25, -0.2) is 0 Å². The summed E-state index contributed by atoms with van der Waals surface area (Å²) < 4.78 is 0. The van der Waals surface area contributed by atoms with E-state index >= 15 is 0 Å². The molecule has 0 spiro atoms. The first-order chi connectivity index (χ1) is 7.50. The number of hydrogen-bond acceptors (Lipinski definition) is 3. The number of hydrogen-bond donors (Lipinski definition) is 1. The maximum Gasteiger partial charge on any atom is 0.146 e. The lowest BCUT2D eigenvalue weighted by Gasteiger charge is -2.17. The molecule has 0 saturated carbocycles. The van der Waals surface area contributed by atoms with Gasteiger partial charge in [-0.2, -0.15) is 0 Å². The van der Waals surface area contributed by atoms with Crippen molar-refractivity contribution >= 4 is 17.1 Å². The van der Waals surface area contributed by atoms with Gasteiger partial charge in [-0.3, -0.25) is 4.79 Å². The zero-order valence-electron chi connectivity index (χ0n) is 10.5. The van der Waals surface area contributed by atoms with Gasteiger partial charge in [0.1, 0.15) is 5.78 Å². The molecule has 0 fully saturated rings. The van der Waals surface area contributed by atoms with Crippen LogP contribution >= 0.6 is 11.3 Å². The van der Waals surface area contributed by atoms with Crippen LogP contribution in [-0.2, 0) is 11.3 Å². The quantitative estimate of drug-likeness (QED) is 0.826. The van der Waals surface area contributed by atoms with Crippen LogP contribution in [0.15, 0.2) is 11.4 Å². The Balaban J connectivity index is 2.50. The van der Waals surface area contributed by atoms with Crippen LogP contribution in [0.1, 0.15) is 37.6 Å². The summed E-state index contributed by atoms with van der Waals surface area (Å²) in [5.41, 5.74) is 1.31. The number of ketones is 1. The van der Waals surface area contributed by atoms with Crippen molar-refractivity contribution in [2.75, 3.05) is 0 Å². The Morgan fingerprint density at radius 2 is 2.19 bits per heavy atom. The largest absolute Gasteiger partial charge is 0.303 e. The highest BCUT2D eigenvalue weighted by Gasteiger charge is 2.15. The van der Waals surface area contributed by atoms with E-state index < -0.39 is 0 Å². The molecule has 3 heteroatoms. The molecular formula is C13H21NOS. The second-order valence-electron chi connectivity index (χ2n) is 4.70. The van der Waals surface area contributed by atoms with Gasteiger partial charge in [0.15, 0.2) is 0 Å². The third kappa shape index (κ3) is 4.06. The Morgan fingerprint density at radius 3 is 2.62 bits per heavy atom. The van der Waals surface area contributed by atoms with Gasteiger partial charge < -0.3 is 5.32 Å². The molecule has 1 rings (SSSR count). The third-order valence-electron chi connectivity index (χ3n) is 2.68. The van der Waals surface area contributed by atoms with Gasteiger partial charge in [0, 0.05) is 11.4 Å². The molecule has 90 valence electrons. The molecule has 16 heavy (non-hydrogen) atoms. The van der Waals surface area contributed by atoms with Crippen molar-refractivity contribution in [1.29, 1.82) is 0 Å². The van der Waals surface area contributed by atoms with E-state index in [1.165, 1.54) is 10.4 Å². The highest BCUT2D eigenvalue weighted by atomic mass is 32.1. The van der Waals surface area contributed by atoms with Crippen molar-refractivity contribution in [3.05, 3.63) is 21.9 Å². The summed E-state index contributed by atoms with van der Waals surface area (Å²) in [5.74, 6) is 0.786. The van der Waals surface area contributed by atoms with Gasteiger partial charge in [-0.05, 0) is 43.2 Å². The van der Waals surface area contributed by atoms with Crippen molar-refractivity contribution in [3.8, 4) is 0 Å². The zero-order chi connectivity index (χ0) is 12.1. The standard InChI is InChI=1S/C13H21NOS/c1-9(2)7-12(11(4)15)14-8-13-10(3)5-6-16-13/h5-6,9,12,14H,7-8H2,1-4H3/t12-/m1/s1. The van der Waals surface area contributed by atoms with E-state index in [9.17, 15) is 4.79 Å². The minimum Gasteiger partial charge on any atom is -0.303 e. The molecular weight excluding hydrogens is 218 g/mol. The fourth-order valence-corrected chi connectivity index (χ4v) is 2.52. The van der Waals surface area contributed by atoms with Gasteiger partial charge in [0.25, 0.3) is 0 Å². The predicted molar refractivity (Wildman–Crippen MR) is 69.8 cm³/mol. The number of Topliss-reactive ketones (excluding diaryl/α,β-unsaturated/α-hetero) is 1. The number of carbonyl (C=O) groups is 1. The molecule has 0 saturated heterocycles. The van der Waals surface area contributed by atoms with Crippen molar-refractivity contribution in [3.63, 3.8) is 0 Å². The molecule has 0 amide bonds. The lowest BCUT2D eigenvalue weighted by Crippen LogP contribution is -2.35. The Morgan fingerprint density at radius 1 is 1.50 bits per heavy atom. The van der Waals surface area contributed by atoms with Gasteiger partial charge in [-0.1, -0.05) is 13.8 Å². The van der Waals surface area contributed by atoms with Crippen molar-refractivity contribution < 1.29 is 4.79 Å². The summed E-state index contributed by atoms with van der Waals surface area (Å²) in [6.07, 6.45) is 0.916. The first-order valence-electron chi connectivity index (χ1n) is 5.77. The summed E-state index contributed by atoms with van der Waals surface area (Å²) in [6, 6.07) is 2.12. The lowest BCUT2D eigenvalue weighted by atomic mass is 10.0. The van der Waals surface area contributed by atoms with Crippen LogP contribution in [0.2, 0.25) is 0 Å². The zero-order valence-corrected chi connectivity index (χ0v) is 11.4. The Kier molecular flexibility index (Phi) is 5.16. The van der Waals surface area contributed by atoms with Crippen LogP contribution in [0, 0.1) is 12.8 Å². The van der Waals surface area contributed by atoms with E-state index in [1.54, 1.807) is 18.3 Å². The number of aryl methyl sites for hydroxylation is 1. The minimum absolute atomic E-state index is 0.00139. The maximum atomic E-state index is 11.5. The number of thiophene rings is 1. The second-order valence-corrected chi connectivity index (χ2v) is 5.70. The van der Waals surface area contributed by atoms with Crippen molar-refractivity contribution in [2.45, 2.75) is 46.7 Å². The number of rotatable bonds is 6. The molecule has 1 atom stereocenters.